The highest BCUT2D eigenvalue weighted by Crippen LogP contribution is 2.34. The summed E-state index contributed by atoms with van der Waals surface area (Å²) in [4.78, 5) is 0. The molecule has 2 N–H and O–H groups in total. The van der Waals surface area contributed by atoms with Gasteiger partial charge in [0.15, 0.2) is 0 Å². The molecular weight excluding hydrogens is 194 g/mol. The second-order valence-corrected chi connectivity index (χ2v) is 5.11. The molecule has 1 fully saturated rings. The molecule has 1 aliphatic rings. The van der Waals surface area contributed by atoms with Crippen LogP contribution in [0.25, 0.3) is 0 Å². The Bertz CT molecular complexity index is 322. The maximum absolute atomic E-state index is 6.06. The van der Waals surface area contributed by atoms with E-state index in [4.69, 9.17) is 5.73 Å². The van der Waals surface area contributed by atoms with Crippen LogP contribution in [0.4, 0.5) is 0 Å². The van der Waals surface area contributed by atoms with Crippen LogP contribution in [0.1, 0.15) is 68.5 Å². The van der Waals surface area contributed by atoms with Crippen LogP contribution in [0, 0.1) is 0 Å². The molecule has 0 spiro atoms. The van der Waals surface area contributed by atoms with E-state index in [9.17, 15) is 0 Å². The van der Waals surface area contributed by atoms with Crippen molar-refractivity contribution in [3.8, 4) is 0 Å². The molecule has 0 amide bonds. The molecule has 0 bridgehead atoms. The van der Waals surface area contributed by atoms with Crippen molar-refractivity contribution in [2.45, 2.75) is 57.4 Å². The quantitative estimate of drug-likeness (QED) is 0.740. The van der Waals surface area contributed by atoms with Crippen LogP contribution in [0.15, 0.2) is 24.3 Å². The van der Waals surface area contributed by atoms with Gasteiger partial charge in [-0.25, -0.2) is 0 Å². The fourth-order valence-corrected chi connectivity index (χ4v) is 2.89. The number of rotatable bonds is 2. The lowest BCUT2D eigenvalue weighted by molar-refractivity contribution is 0.582. The summed E-state index contributed by atoms with van der Waals surface area (Å²) >= 11 is 0. The summed E-state index contributed by atoms with van der Waals surface area (Å²) in [6, 6.07) is 8.92. The first-order valence-corrected chi connectivity index (χ1v) is 6.63. The lowest BCUT2D eigenvalue weighted by atomic mass is 9.86. The summed E-state index contributed by atoms with van der Waals surface area (Å²) in [5.41, 5.74) is 8.93. The van der Waals surface area contributed by atoms with Gasteiger partial charge in [0.25, 0.3) is 0 Å². The van der Waals surface area contributed by atoms with E-state index in [1.54, 1.807) is 0 Å². The minimum atomic E-state index is 0.166. The Labute approximate surface area is 99.0 Å². The van der Waals surface area contributed by atoms with E-state index in [-0.39, 0.29) is 6.04 Å². The zero-order valence-electron chi connectivity index (χ0n) is 10.3. The van der Waals surface area contributed by atoms with Gasteiger partial charge in [-0.1, -0.05) is 49.9 Å². The van der Waals surface area contributed by atoms with Gasteiger partial charge in [-0.15, -0.1) is 0 Å². The van der Waals surface area contributed by atoms with E-state index in [0.29, 0.717) is 0 Å². The van der Waals surface area contributed by atoms with Crippen molar-refractivity contribution >= 4 is 0 Å². The zero-order chi connectivity index (χ0) is 11.4. The van der Waals surface area contributed by atoms with E-state index >= 15 is 0 Å². The summed E-state index contributed by atoms with van der Waals surface area (Å²) in [5, 5.41) is 0. The fraction of sp³-hybridized carbons (Fsp3) is 0.600. The molecule has 2 rings (SSSR count). The van der Waals surface area contributed by atoms with Crippen LogP contribution in [0.2, 0.25) is 0 Å². The van der Waals surface area contributed by atoms with Gasteiger partial charge in [0, 0.05) is 6.04 Å². The van der Waals surface area contributed by atoms with E-state index < -0.39 is 0 Å². The third kappa shape index (κ3) is 2.65. The van der Waals surface area contributed by atoms with Crippen LogP contribution in [-0.4, -0.2) is 0 Å². The van der Waals surface area contributed by atoms with Crippen LogP contribution >= 0.6 is 0 Å². The predicted octanol–water partition coefficient (Wildman–Crippen LogP) is 4.14. The van der Waals surface area contributed by atoms with E-state index in [1.165, 1.54) is 49.7 Å². The van der Waals surface area contributed by atoms with Crippen molar-refractivity contribution in [2.75, 3.05) is 0 Å². The summed E-state index contributed by atoms with van der Waals surface area (Å²) in [7, 11) is 0. The molecule has 1 nitrogen and oxygen atoms in total. The van der Waals surface area contributed by atoms with Gasteiger partial charge in [0.2, 0.25) is 0 Å². The van der Waals surface area contributed by atoms with Crippen molar-refractivity contribution in [3.63, 3.8) is 0 Å². The number of hydrogen-bond donors (Lipinski definition) is 1. The third-order valence-electron chi connectivity index (χ3n) is 3.78. The predicted molar refractivity (Wildman–Crippen MR) is 69.5 cm³/mol. The Balaban J connectivity index is 2.23. The normalized spacial score (nSPS) is 20.4. The molecule has 1 heteroatoms. The molecule has 1 aromatic rings. The Morgan fingerprint density at radius 3 is 2.31 bits per heavy atom. The standard InChI is InChI=1S/C15H23N/c1-12(16)14-10-6-7-11-15(14)13-8-4-2-3-5-9-13/h6-7,10-13H,2-5,8-9,16H2,1H3. The SMILES string of the molecule is CC(N)c1ccccc1C1CCCCCC1. The maximum Gasteiger partial charge on any atom is 0.0268 e. The molecule has 1 unspecified atom stereocenters. The molecule has 0 aromatic heterocycles. The first kappa shape index (κ1) is 11.7. The Morgan fingerprint density at radius 1 is 1.06 bits per heavy atom. The molecular formula is C15H23N. The maximum atomic E-state index is 6.06. The van der Waals surface area contributed by atoms with Crippen molar-refractivity contribution in [1.29, 1.82) is 0 Å². The van der Waals surface area contributed by atoms with Crippen LogP contribution in [0.3, 0.4) is 0 Å². The second kappa shape index (κ2) is 5.49. The smallest absolute Gasteiger partial charge is 0.0268 e. The van der Waals surface area contributed by atoms with Gasteiger partial charge in [-0.05, 0) is 36.8 Å². The molecule has 1 saturated carbocycles. The molecule has 0 aliphatic heterocycles. The first-order valence-electron chi connectivity index (χ1n) is 6.63. The minimum absolute atomic E-state index is 0.166. The molecule has 1 aliphatic carbocycles. The molecule has 16 heavy (non-hydrogen) atoms. The number of benzene rings is 1. The highest BCUT2D eigenvalue weighted by atomic mass is 14.6. The Kier molecular flexibility index (Phi) is 4.00. The van der Waals surface area contributed by atoms with Crippen molar-refractivity contribution in [1.82, 2.24) is 0 Å². The molecule has 0 heterocycles. The van der Waals surface area contributed by atoms with Crippen LogP contribution < -0.4 is 5.73 Å². The first-order chi connectivity index (χ1) is 7.79. The molecule has 0 radical (unpaired) electrons. The van der Waals surface area contributed by atoms with Gasteiger partial charge in [0.05, 0.1) is 0 Å². The van der Waals surface area contributed by atoms with Gasteiger partial charge in [0.1, 0.15) is 0 Å². The van der Waals surface area contributed by atoms with Gasteiger partial charge in [-0.3, -0.25) is 0 Å². The van der Waals surface area contributed by atoms with Gasteiger partial charge < -0.3 is 5.73 Å². The summed E-state index contributed by atoms with van der Waals surface area (Å²) < 4.78 is 0. The monoisotopic (exact) mass is 217 g/mol. The second-order valence-electron chi connectivity index (χ2n) is 5.11. The average molecular weight is 217 g/mol. The molecule has 0 saturated heterocycles. The van der Waals surface area contributed by atoms with Gasteiger partial charge >= 0.3 is 0 Å². The van der Waals surface area contributed by atoms with E-state index in [0.717, 1.165) is 5.92 Å². The highest BCUT2D eigenvalue weighted by Gasteiger charge is 2.18. The van der Waals surface area contributed by atoms with Crippen molar-refractivity contribution in [2.24, 2.45) is 5.73 Å². The fourth-order valence-electron chi connectivity index (χ4n) is 2.89. The third-order valence-corrected chi connectivity index (χ3v) is 3.78. The van der Waals surface area contributed by atoms with E-state index in [1.807, 2.05) is 0 Å². The van der Waals surface area contributed by atoms with Crippen molar-refractivity contribution < 1.29 is 0 Å². The zero-order valence-corrected chi connectivity index (χ0v) is 10.3. The van der Waals surface area contributed by atoms with Crippen LogP contribution in [0.5, 0.6) is 0 Å². The van der Waals surface area contributed by atoms with Crippen LogP contribution in [-0.2, 0) is 0 Å². The Hall–Kier alpha value is -0.820. The van der Waals surface area contributed by atoms with Crippen molar-refractivity contribution in [3.05, 3.63) is 35.4 Å². The summed E-state index contributed by atoms with van der Waals surface area (Å²) in [5.74, 6) is 0.754. The number of nitrogens with two attached hydrogens (primary N) is 1. The van der Waals surface area contributed by atoms with Gasteiger partial charge in [-0.2, -0.15) is 0 Å². The largest absolute Gasteiger partial charge is 0.324 e. The topological polar surface area (TPSA) is 26.0 Å². The highest BCUT2D eigenvalue weighted by molar-refractivity contribution is 5.32. The van der Waals surface area contributed by atoms with E-state index in [2.05, 4.69) is 31.2 Å². The molecule has 1 atom stereocenters. The molecule has 88 valence electrons. The molecule has 1 aromatic carbocycles. The number of hydrogen-bond acceptors (Lipinski definition) is 1. The Morgan fingerprint density at radius 2 is 1.69 bits per heavy atom. The lowest BCUT2D eigenvalue weighted by Gasteiger charge is -2.20. The lowest BCUT2D eigenvalue weighted by Crippen LogP contribution is -2.10. The summed E-state index contributed by atoms with van der Waals surface area (Å²) in [6.45, 7) is 2.09. The minimum Gasteiger partial charge on any atom is -0.324 e. The average Bonchev–Trinajstić information content (AvgIpc) is 2.57. The summed E-state index contributed by atoms with van der Waals surface area (Å²) in [6.07, 6.45) is 8.30.